The van der Waals surface area contributed by atoms with E-state index in [1.165, 1.54) is 24.3 Å². The number of rotatable bonds is 7. The number of carbonyl (C=O) groups is 2. The van der Waals surface area contributed by atoms with Gasteiger partial charge in [0.25, 0.3) is 11.8 Å². The standard InChI is InChI=1S/C26H20F3N3O2/c27-26(28,29)22-16-8-7-15-21(22)18-30-32-25(34)23(17-9-12-19-10-3-1-4-11-19)31-24(33)20-13-5-2-6-14-20/h1-18H,(H,31,33)(H,32,34)/b12-9+,23-17-,30-18-. The van der Waals surface area contributed by atoms with Gasteiger partial charge in [0.05, 0.1) is 11.8 Å². The molecule has 2 amide bonds. The van der Waals surface area contributed by atoms with E-state index in [9.17, 15) is 22.8 Å². The van der Waals surface area contributed by atoms with Gasteiger partial charge >= 0.3 is 6.18 Å². The second-order valence-electron chi connectivity index (χ2n) is 6.95. The molecule has 0 fully saturated rings. The average molecular weight is 463 g/mol. The highest BCUT2D eigenvalue weighted by atomic mass is 19.4. The summed E-state index contributed by atoms with van der Waals surface area (Å²) in [5.41, 5.74) is 2.13. The smallest absolute Gasteiger partial charge is 0.317 e. The largest absolute Gasteiger partial charge is 0.417 e. The molecule has 3 rings (SSSR count). The zero-order chi connectivity index (χ0) is 24.4. The number of allylic oxidation sites excluding steroid dienone is 2. The van der Waals surface area contributed by atoms with Crippen molar-refractivity contribution in [3.8, 4) is 0 Å². The van der Waals surface area contributed by atoms with Crippen molar-refractivity contribution in [2.75, 3.05) is 0 Å². The molecular formula is C26H20F3N3O2. The molecule has 5 nitrogen and oxygen atoms in total. The minimum Gasteiger partial charge on any atom is -0.317 e. The number of nitrogens with zero attached hydrogens (tertiary/aromatic N) is 1. The van der Waals surface area contributed by atoms with E-state index in [1.807, 2.05) is 30.3 Å². The fraction of sp³-hybridized carbons (Fsp3) is 0.0385. The second kappa shape index (κ2) is 11.4. The highest BCUT2D eigenvalue weighted by molar-refractivity contribution is 6.03. The summed E-state index contributed by atoms with van der Waals surface area (Å²) in [5, 5.41) is 6.15. The molecule has 3 aromatic carbocycles. The maximum atomic E-state index is 13.1. The number of alkyl halides is 3. The third-order valence-corrected chi connectivity index (χ3v) is 4.52. The Morgan fingerprint density at radius 3 is 2.12 bits per heavy atom. The van der Waals surface area contributed by atoms with Crippen molar-refractivity contribution in [2.45, 2.75) is 6.18 Å². The first-order valence-electron chi connectivity index (χ1n) is 10.1. The van der Waals surface area contributed by atoms with Crippen molar-refractivity contribution in [2.24, 2.45) is 5.10 Å². The number of hydrazone groups is 1. The Bertz CT molecular complexity index is 1220. The molecule has 0 saturated heterocycles. The highest BCUT2D eigenvalue weighted by Crippen LogP contribution is 2.31. The SMILES string of the molecule is O=C(N/N=C\c1ccccc1C(F)(F)F)/C(=C/C=C/c1ccccc1)NC(=O)c1ccccc1. The fourth-order valence-electron chi connectivity index (χ4n) is 2.87. The van der Waals surface area contributed by atoms with Crippen LogP contribution in [0.15, 0.2) is 108 Å². The summed E-state index contributed by atoms with van der Waals surface area (Å²) >= 11 is 0. The summed E-state index contributed by atoms with van der Waals surface area (Å²) in [6.45, 7) is 0. The van der Waals surface area contributed by atoms with Crippen LogP contribution in [0.2, 0.25) is 0 Å². The van der Waals surface area contributed by atoms with Crippen LogP contribution in [-0.4, -0.2) is 18.0 Å². The summed E-state index contributed by atoms with van der Waals surface area (Å²) in [4.78, 5) is 25.2. The molecule has 0 aliphatic carbocycles. The quantitative estimate of drug-likeness (QED) is 0.219. The Morgan fingerprint density at radius 2 is 1.44 bits per heavy atom. The fourth-order valence-corrected chi connectivity index (χ4v) is 2.87. The van der Waals surface area contributed by atoms with Gasteiger partial charge in [-0.3, -0.25) is 9.59 Å². The van der Waals surface area contributed by atoms with E-state index in [2.05, 4.69) is 15.8 Å². The van der Waals surface area contributed by atoms with E-state index in [4.69, 9.17) is 0 Å². The van der Waals surface area contributed by atoms with Crippen molar-refractivity contribution in [1.82, 2.24) is 10.7 Å². The zero-order valence-electron chi connectivity index (χ0n) is 17.8. The number of benzene rings is 3. The predicted octanol–water partition coefficient (Wildman–Crippen LogP) is 5.18. The Balaban J connectivity index is 1.79. The van der Waals surface area contributed by atoms with Crippen molar-refractivity contribution >= 4 is 24.1 Å². The lowest BCUT2D eigenvalue weighted by molar-refractivity contribution is -0.137. The van der Waals surface area contributed by atoms with Crippen LogP contribution in [0, 0.1) is 0 Å². The molecule has 0 aliphatic rings. The third-order valence-electron chi connectivity index (χ3n) is 4.52. The number of hydrogen-bond donors (Lipinski definition) is 2. The van der Waals surface area contributed by atoms with Crippen LogP contribution in [-0.2, 0) is 11.0 Å². The number of hydrogen-bond acceptors (Lipinski definition) is 3. The Hall–Kier alpha value is -4.46. The molecular weight excluding hydrogens is 443 g/mol. The first-order valence-corrected chi connectivity index (χ1v) is 10.1. The van der Waals surface area contributed by atoms with Gasteiger partial charge in [0.2, 0.25) is 0 Å². The van der Waals surface area contributed by atoms with Crippen molar-refractivity contribution in [3.05, 3.63) is 125 Å². The minimum atomic E-state index is -4.57. The molecule has 8 heteroatoms. The summed E-state index contributed by atoms with van der Waals surface area (Å²) in [5.74, 6) is -1.33. The topological polar surface area (TPSA) is 70.6 Å². The van der Waals surface area contributed by atoms with Crippen LogP contribution < -0.4 is 10.7 Å². The first kappa shape index (κ1) is 24.2. The Labute approximate surface area is 194 Å². The van der Waals surface area contributed by atoms with Gasteiger partial charge in [0, 0.05) is 11.1 Å². The van der Waals surface area contributed by atoms with Crippen LogP contribution in [0.4, 0.5) is 13.2 Å². The maximum absolute atomic E-state index is 13.1. The highest BCUT2D eigenvalue weighted by Gasteiger charge is 2.32. The maximum Gasteiger partial charge on any atom is 0.417 e. The lowest BCUT2D eigenvalue weighted by Gasteiger charge is -2.10. The van der Waals surface area contributed by atoms with Gasteiger partial charge in [-0.1, -0.05) is 78.9 Å². The third kappa shape index (κ3) is 7.03. The summed E-state index contributed by atoms with van der Waals surface area (Å²) < 4.78 is 39.4. The Kier molecular flexibility index (Phi) is 8.12. The summed E-state index contributed by atoms with van der Waals surface area (Å²) in [7, 11) is 0. The van der Waals surface area contributed by atoms with Crippen LogP contribution in [0.5, 0.6) is 0 Å². The van der Waals surface area contributed by atoms with Crippen LogP contribution >= 0.6 is 0 Å². The summed E-state index contributed by atoms with van der Waals surface area (Å²) in [6, 6.07) is 22.4. The normalized spacial score (nSPS) is 12.1. The van der Waals surface area contributed by atoms with Crippen LogP contribution in [0.3, 0.4) is 0 Å². The van der Waals surface area contributed by atoms with Gasteiger partial charge in [0.1, 0.15) is 5.70 Å². The molecule has 0 radical (unpaired) electrons. The molecule has 0 saturated carbocycles. The van der Waals surface area contributed by atoms with E-state index >= 15 is 0 Å². The first-order chi connectivity index (χ1) is 16.3. The molecule has 0 atom stereocenters. The van der Waals surface area contributed by atoms with Gasteiger partial charge in [-0.05, 0) is 29.8 Å². The van der Waals surface area contributed by atoms with Gasteiger partial charge in [0.15, 0.2) is 0 Å². The van der Waals surface area contributed by atoms with Gasteiger partial charge in [-0.2, -0.15) is 18.3 Å². The van der Waals surface area contributed by atoms with E-state index < -0.39 is 23.6 Å². The zero-order valence-corrected chi connectivity index (χ0v) is 17.8. The summed E-state index contributed by atoms with van der Waals surface area (Å²) in [6.07, 6.45) is 1.01. The minimum absolute atomic E-state index is 0.137. The van der Waals surface area contributed by atoms with Gasteiger partial charge in [-0.15, -0.1) is 0 Å². The molecule has 0 spiro atoms. The van der Waals surface area contributed by atoms with Crippen molar-refractivity contribution < 1.29 is 22.8 Å². The molecule has 172 valence electrons. The van der Waals surface area contributed by atoms with E-state index in [1.54, 1.807) is 42.5 Å². The second-order valence-corrected chi connectivity index (χ2v) is 6.95. The number of nitrogens with one attached hydrogen (secondary N) is 2. The molecule has 0 heterocycles. The average Bonchev–Trinajstić information content (AvgIpc) is 2.84. The van der Waals surface area contributed by atoms with Crippen molar-refractivity contribution in [3.63, 3.8) is 0 Å². The molecule has 34 heavy (non-hydrogen) atoms. The van der Waals surface area contributed by atoms with Crippen LogP contribution in [0.25, 0.3) is 6.08 Å². The van der Waals surface area contributed by atoms with Crippen molar-refractivity contribution in [1.29, 1.82) is 0 Å². The van der Waals surface area contributed by atoms with Crippen LogP contribution in [0.1, 0.15) is 27.0 Å². The van der Waals surface area contributed by atoms with Gasteiger partial charge in [-0.25, -0.2) is 5.43 Å². The molecule has 0 unspecified atom stereocenters. The molecule has 0 bridgehead atoms. The molecule has 2 N–H and O–H groups in total. The van der Waals surface area contributed by atoms with Gasteiger partial charge < -0.3 is 5.32 Å². The Morgan fingerprint density at radius 1 is 0.824 bits per heavy atom. The number of carbonyl (C=O) groups excluding carboxylic acids is 2. The number of amides is 2. The predicted molar refractivity (Wildman–Crippen MR) is 125 cm³/mol. The molecule has 0 aromatic heterocycles. The van der Waals surface area contributed by atoms with E-state index in [-0.39, 0.29) is 11.3 Å². The number of halogens is 3. The van der Waals surface area contributed by atoms with E-state index in [0.717, 1.165) is 17.8 Å². The molecule has 0 aliphatic heterocycles. The lowest BCUT2D eigenvalue weighted by Crippen LogP contribution is -2.32. The monoisotopic (exact) mass is 463 g/mol. The molecule has 3 aromatic rings. The van der Waals surface area contributed by atoms with E-state index in [0.29, 0.717) is 5.56 Å². The lowest BCUT2D eigenvalue weighted by atomic mass is 10.1.